The first-order valence-electron chi connectivity index (χ1n) is 6.56. The monoisotopic (exact) mass is 274 g/mol. The first-order valence-corrected chi connectivity index (χ1v) is 6.56. The number of carbonyl (C=O) groups is 1. The summed E-state index contributed by atoms with van der Waals surface area (Å²) in [6.07, 6.45) is 1.41. The molecule has 0 saturated heterocycles. The Balaban J connectivity index is 2.36. The molecule has 0 aliphatic rings. The molecular weight excluding hydrogens is 256 g/mol. The number of aliphatic hydroxyl groups excluding tert-OH is 1. The smallest absolute Gasteiger partial charge is 0.257 e. The van der Waals surface area contributed by atoms with Crippen LogP contribution >= 0.6 is 0 Å². The van der Waals surface area contributed by atoms with Gasteiger partial charge in [-0.25, -0.2) is 0 Å². The number of hydrogen-bond acceptors (Lipinski definition) is 3. The van der Waals surface area contributed by atoms with Crippen LogP contribution in [0.3, 0.4) is 0 Å². The summed E-state index contributed by atoms with van der Waals surface area (Å²) in [5.74, 6) is -0.381. The molecule has 0 spiro atoms. The molecule has 5 heteroatoms. The van der Waals surface area contributed by atoms with Crippen LogP contribution in [0.15, 0.2) is 35.3 Å². The Morgan fingerprint density at radius 3 is 2.70 bits per heavy atom. The third kappa shape index (κ3) is 2.72. The van der Waals surface area contributed by atoms with Gasteiger partial charge in [0.15, 0.2) is 0 Å². The maximum absolute atomic E-state index is 12.3. The summed E-state index contributed by atoms with van der Waals surface area (Å²) in [7, 11) is 0. The highest BCUT2D eigenvalue weighted by Gasteiger charge is 2.18. The van der Waals surface area contributed by atoms with Crippen molar-refractivity contribution in [3.05, 3.63) is 46.2 Å². The van der Waals surface area contributed by atoms with E-state index < -0.39 is 5.91 Å². The van der Waals surface area contributed by atoms with Gasteiger partial charge >= 0.3 is 0 Å². The van der Waals surface area contributed by atoms with Crippen LogP contribution in [0, 0.1) is 5.92 Å². The van der Waals surface area contributed by atoms with Gasteiger partial charge in [-0.2, -0.15) is 0 Å². The van der Waals surface area contributed by atoms with Crippen molar-refractivity contribution >= 4 is 16.8 Å². The van der Waals surface area contributed by atoms with Crippen LogP contribution < -0.4 is 10.7 Å². The zero-order chi connectivity index (χ0) is 14.7. The number of nitrogens with one attached hydrogen (secondary N) is 2. The maximum atomic E-state index is 12.3. The van der Waals surface area contributed by atoms with Crippen LogP contribution in [-0.2, 0) is 0 Å². The summed E-state index contributed by atoms with van der Waals surface area (Å²) in [4.78, 5) is 27.3. The topological polar surface area (TPSA) is 82.2 Å². The van der Waals surface area contributed by atoms with Gasteiger partial charge in [0, 0.05) is 17.1 Å². The fourth-order valence-electron chi connectivity index (χ4n) is 2.01. The summed E-state index contributed by atoms with van der Waals surface area (Å²) >= 11 is 0. The average molecular weight is 274 g/mol. The van der Waals surface area contributed by atoms with Gasteiger partial charge in [-0.1, -0.05) is 26.0 Å². The number of aliphatic hydroxyl groups is 1. The molecule has 106 valence electrons. The van der Waals surface area contributed by atoms with E-state index in [9.17, 15) is 14.7 Å². The van der Waals surface area contributed by atoms with Crippen molar-refractivity contribution in [2.24, 2.45) is 5.92 Å². The van der Waals surface area contributed by atoms with Crippen LogP contribution in [0.4, 0.5) is 0 Å². The molecule has 5 nitrogen and oxygen atoms in total. The van der Waals surface area contributed by atoms with E-state index in [-0.39, 0.29) is 29.6 Å². The van der Waals surface area contributed by atoms with Gasteiger partial charge in [0.05, 0.1) is 12.6 Å². The van der Waals surface area contributed by atoms with Crippen molar-refractivity contribution in [2.45, 2.75) is 19.9 Å². The Bertz CT molecular complexity index is 676. The van der Waals surface area contributed by atoms with Gasteiger partial charge < -0.3 is 15.4 Å². The normalized spacial score (nSPS) is 12.6. The van der Waals surface area contributed by atoms with Gasteiger partial charge in [-0.15, -0.1) is 0 Å². The molecule has 0 saturated carbocycles. The van der Waals surface area contributed by atoms with Crippen LogP contribution in [0.2, 0.25) is 0 Å². The molecule has 0 radical (unpaired) electrons. The van der Waals surface area contributed by atoms with Gasteiger partial charge in [-0.3, -0.25) is 9.59 Å². The Labute approximate surface area is 116 Å². The Hall–Kier alpha value is -2.14. The maximum Gasteiger partial charge on any atom is 0.257 e. The number of pyridine rings is 1. The van der Waals surface area contributed by atoms with E-state index in [1.165, 1.54) is 6.20 Å². The molecule has 0 aliphatic heterocycles. The molecule has 1 aromatic carbocycles. The molecule has 0 fully saturated rings. The summed E-state index contributed by atoms with van der Waals surface area (Å²) in [5, 5.41) is 12.4. The third-order valence-corrected chi connectivity index (χ3v) is 3.35. The molecular formula is C15H18N2O3. The minimum absolute atomic E-state index is 0.0581. The second-order valence-electron chi connectivity index (χ2n) is 5.08. The van der Waals surface area contributed by atoms with Gasteiger partial charge in [-0.05, 0) is 18.1 Å². The second kappa shape index (κ2) is 5.88. The van der Waals surface area contributed by atoms with Crippen LogP contribution in [0.1, 0.15) is 24.2 Å². The Morgan fingerprint density at radius 1 is 1.35 bits per heavy atom. The lowest BCUT2D eigenvalue weighted by atomic mass is 10.0. The lowest BCUT2D eigenvalue weighted by Crippen LogP contribution is -2.42. The summed E-state index contributed by atoms with van der Waals surface area (Å²) in [6.45, 7) is 3.63. The van der Waals surface area contributed by atoms with Gasteiger partial charge in [0.1, 0.15) is 5.56 Å². The largest absolute Gasteiger partial charge is 0.394 e. The highest BCUT2D eigenvalue weighted by molar-refractivity contribution is 5.97. The first kappa shape index (κ1) is 14.3. The van der Waals surface area contributed by atoms with Crippen LogP contribution in [-0.4, -0.2) is 28.6 Å². The molecule has 2 aromatic rings. The van der Waals surface area contributed by atoms with E-state index in [2.05, 4.69) is 10.3 Å². The van der Waals surface area contributed by atoms with E-state index in [1.54, 1.807) is 18.2 Å². The third-order valence-electron chi connectivity index (χ3n) is 3.35. The SMILES string of the molecule is CC(C)[C@@H](CO)NC(=O)c1c[nH]c2ccccc2c1=O. The lowest BCUT2D eigenvalue weighted by molar-refractivity contribution is 0.0895. The predicted octanol–water partition coefficient (Wildman–Crippen LogP) is 1.27. The Morgan fingerprint density at radius 2 is 2.05 bits per heavy atom. The first-order chi connectivity index (χ1) is 9.54. The van der Waals surface area contributed by atoms with Gasteiger partial charge in [0.25, 0.3) is 5.91 Å². The van der Waals surface area contributed by atoms with Crippen molar-refractivity contribution in [3.8, 4) is 0 Å². The molecule has 1 amide bonds. The molecule has 0 aliphatic carbocycles. The molecule has 0 bridgehead atoms. The number of aromatic amines is 1. The highest BCUT2D eigenvalue weighted by Crippen LogP contribution is 2.08. The van der Waals surface area contributed by atoms with Crippen molar-refractivity contribution in [3.63, 3.8) is 0 Å². The number of fused-ring (bicyclic) bond motifs is 1. The fraction of sp³-hybridized carbons (Fsp3) is 0.333. The zero-order valence-corrected chi connectivity index (χ0v) is 11.5. The standard InChI is InChI=1S/C15H18N2O3/c1-9(2)13(8-18)17-15(20)11-7-16-12-6-4-3-5-10(12)14(11)19/h3-7,9,13,18H,8H2,1-2H3,(H,16,19)(H,17,20)/t13-/m1/s1. The average Bonchev–Trinajstić information content (AvgIpc) is 2.44. The van der Waals surface area contributed by atoms with E-state index >= 15 is 0 Å². The quantitative estimate of drug-likeness (QED) is 0.785. The van der Waals surface area contributed by atoms with Crippen molar-refractivity contribution in [1.82, 2.24) is 10.3 Å². The number of H-pyrrole nitrogens is 1. The summed E-state index contributed by atoms with van der Waals surface area (Å²) < 4.78 is 0. The molecule has 0 unspecified atom stereocenters. The number of carbonyl (C=O) groups excluding carboxylic acids is 1. The number of para-hydroxylation sites is 1. The minimum Gasteiger partial charge on any atom is -0.394 e. The molecule has 1 heterocycles. The van der Waals surface area contributed by atoms with E-state index in [4.69, 9.17) is 0 Å². The zero-order valence-electron chi connectivity index (χ0n) is 11.5. The van der Waals surface area contributed by atoms with E-state index in [1.807, 2.05) is 19.9 Å². The summed E-state index contributed by atoms with van der Waals surface area (Å²) in [6, 6.07) is 6.66. The predicted molar refractivity (Wildman–Crippen MR) is 77.7 cm³/mol. The molecule has 3 N–H and O–H groups in total. The number of amides is 1. The number of aromatic nitrogens is 1. The van der Waals surface area contributed by atoms with Gasteiger partial charge in [0.2, 0.25) is 5.43 Å². The number of rotatable bonds is 4. The lowest BCUT2D eigenvalue weighted by Gasteiger charge is -2.19. The second-order valence-corrected chi connectivity index (χ2v) is 5.08. The van der Waals surface area contributed by atoms with E-state index in [0.29, 0.717) is 10.9 Å². The number of benzene rings is 1. The van der Waals surface area contributed by atoms with Crippen LogP contribution in [0.5, 0.6) is 0 Å². The molecule has 20 heavy (non-hydrogen) atoms. The molecule has 1 aromatic heterocycles. The fourth-order valence-corrected chi connectivity index (χ4v) is 2.01. The number of hydrogen-bond donors (Lipinski definition) is 3. The minimum atomic E-state index is -0.468. The highest BCUT2D eigenvalue weighted by atomic mass is 16.3. The Kier molecular flexibility index (Phi) is 4.20. The van der Waals surface area contributed by atoms with E-state index in [0.717, 1.165) is 0 Å². The summed E-state index contributed by atoms with van der Waals surface area (Å²) in [5.41, 5.74) is 0.441. The van der Waals surface area contributed by atoms with Crippen molar-refractivity contribution in [1.29, 1.82) is 0 Å². The molecule has 2 rings (SSSR count). The van der Waals surface area contributed by atoms with Crippen molar-refractivity contribution in [2.75, 3.05) is 6.61 Å². The van der Waals surface area contributed by atoms with Crippen LogP contribution in [0.25, 0.3) is 10.9 Å². The molecule has 1 atom stereocenters. The van der Waals surface area contributed by atoms with Crippen molar-refractivity contribution < 1.29 is 9.90 Å².